The first-order valence-corrected chi connectivity index (χ1v) is 10.2. The smallest absolute Gasteiger partial charge is 0.254 e. The maximum atomic E-state index is 13.0. The fourth-order valence-corrected chi connectivity index (χ4v) is 4.47. The number of aryl methyl sites for hydroxylation is 2. The number of aromatic nitrogens is 1. The topological polar surface area (TPSA) is 49.6 Å². The number of piperazine rings is 1. The van der Waals surface area contributed by atoms with Gasteiger partial charge in [0.05, 0.1) is 0 Å². The highest BCUT2D eigenvalue weighted by Crippen LogP contribution is 2.24. The van der Waals surface area contributed by atoms with Crippen LogP contribution in [0.1, 0.15) is 34.7 Å². The second kappa shape index (κ2) is 7.40. The van der Waals surface area contributed by atoms with E-state index in [0.29, 0.717) is 11.6 Å². The molecule has 3 heterocycles. The number of benzene rings is 2. The molecule has 28 heavy (non-hydrogen) atoms. The molecule has 2 aromatic carbocycles. The first kappa shape index (κ1) is 17.4. The second-order valence-corrected chi connectivity index (χ2v) is 7.86. The van der Waals surface area contributed by atoms with Crippen LogP contribution >= 0.6 is 0 Å². The van der Waals surface area contributed by atoms with E-state index in [0.717, 1.165) is 49.5 Å². The molecule has 1 unspecified atom stereocenters. The molecule has 1 aromatic heterocycles. The summed E-state index contributed by atoms with van der Waals surface area (Å²) in [6.45, 7) is 3.84. The first-order chi connectivity index (χ1) is 13.8. The summed E-state index contributed by atoms with van der Waals surface area (Å²) in [7, 11) is 0. The molecule has 5 nitrogen and oxygen atoms in total. The predicted molar refractivity (Wildman–Crippen MR) is 108 cm³/mol. The van der Waals surface area contributed by atoms with Gasteiger partial charge in [0.15, 0.2) is 11.5 Å². The third kappa shape index (κ3) is 3.42. The minimum Gasteiger partial charge on any atom is -0.441 e. The molecule has 1 amide bonds. The summed E-state index contributed by atoms with van der Waals surface area (Å²) in [4.78, 5) is 22.1. The Labute approximate surface area is 165 Å². The van der Waals surface area contributed by atoms with Crippen molar-refractivity contribution in [3.05, 3.63) is 65.5 Å². The van der Waals surface area contributed by atoms with Crippen LogP contribution in [0, 0.1) is 0 Å². The van der Waals surface area contributed by atoms with Crippen LogP contribution in [0.2, 0.25) is 0 Å². The van der Waals surface area contributed by atoms with Crippen molar-refractivity contribution < 1.29 is 9.21 Å². The summed E-state index contributed by atoms with van der Waals surface area (Å²) < 4.78 is 5.88. The monoisotopic (exact) mass is 375 g/mol. The van der Waals surface area contributed by atoms with Crippen molar-refractivity contribution in [1.29, 1.82) is 0 Å². The van der Waals surface area contributed by atoms with Crippen LogP contribution in [0.5, 0.6) is 0 Å². The van der Waals surface area contributed by atoms with Crippen molar-refractivity contribution in [2.75, 3.05) is 26.2 Å². The van der Waals surface area contributed by atoms with Crippen molar-refractivity contribution in [2.24, 2.45) is 0 Å². The van der Waals surface area contributed by atoms with Crippen molar-refractivity contribution >= 4 is 17.0 Å². The van der Waals surface area contributed by atoms with Gasteiger partial charge < -0.3 is 9.32 Å². The molecular weight excluding hydrogens is 350 g/mol. The second-order valence-electron chi connectivity index (χ2n) is 7.86. The zero-order valence-electron chi connectivity index (χ0n) is 16.0. The number of hydrogen-bond donors (Lipinski definition) is 0. The Hall–Kier alpha value is -2.66. The zero-order chi connectivity index (χ0) is 18.9. The zero-order valence-corrected chi connectivity index (χ0v) is 16.0. The van der Waals surface area contributed by atoms with E-state index in [1.807, 2.05) is 41.3 Å². The number of carbonyl (C=O) groups excluding carboxylic acids is 1. The summed E-state index contributed by atoms with van der Waals surface area (Å²) in [5.41, 5.74) is 3.50. The molecular formula is C23H25N3O2. The third-order valence-electron chi connectivity index (χ3n) is 6.02. The minimum absolute atomic E-state index is 0.113. The van der Waals surface area contributed by atoms with Gasteiger partial charge in [0, 0.05) is 37.7 Å². The van der Waals surface area contributed by atoms with E-state index in [2.05, 4.69) is 22.0 Å². The number of oxazole rings is 1. The van der Waals surface area contributed by atoms with E-state index in [1.54, 1.807) is 0 Å². The summed E-state index contributed by atoms with van der Waals surface area (Å²) in [6.07, 6.45) is 4.11. The van der Waals surface area contributed by atoms with Gasteiger partial charge >= 0.3 is 0 Å². The van der Waals surface area contributed by atoms with Crippen LogP contribution in [0.3, 0.4) is 0 Å². The Morgan fingerprint density at radius 2 is 1.96 bits per heavy atom. The highest BCUT2D eigenvalue weighted by molar-refractivity contribution is 5.97. The van der Waals surface area contributed by atoms with Gasteiger partial charge in [0.25, 0.3) is 5.91 Å². The van der Waals surface area contributed by atoms with E-state index >= 15 is 0 Å². The number of amides is 1. The molecule has 3 aromatic rings. The fourth-order valence-electron chi connectivity index (χ4n) is 4.47. The molecule has 0 spiro atoms. The van der Waals surface area contributed by atoms with E-state index in [1.165, 1.54) is 24.9 Å². The van der Waals surface area contributed by atoms with Gasteiger partial charge in [0.1, 0.15) is 5.52 Å². The predicted octanol–water partition coefficient (Wildman–Crippen LogP) is 3.53. The Morgan fingerprint density at radius 1 is 1.07 bits per heavy atom. The maximum absolute atomic E-state index is 13.0. The Kier molecular flexibility index (Phi) is 4.61. The van der Waals surface area contributed by atoms with Gasteiger partial charge in [-0.1, -0.05) is 30.3 Å². The van der Waals surface area contributed by atoms with Gasteiger partial charge in [0.2, 0.25) is 0 Å². The molecule has 0 radical (unpaired) electrons. The molecule has 144 valence electrons. The molecule has 2 aliphatic rings. The van der Waals surface area contributed by atoms with E-state index in [-0.39, 0.29) is 5.91 Å². The fraction of sp³-hybridized carbons (Fsp3) is 0.391. The average molecular weight is 375 g/mol. The molecule has 5 heteroatoms. The number of rotatable bonds is 4. The summed E-state index contributed by atoms with van der Waals surface area (Å²) >= 11 is 0. The van der Waals surface area contributed by atoms with Gasteiger partial charge in [-0.05, 0) is 49.6 Å². The van der Waals surface area contributed by atoms with Crippen LogP contribution < -0.4 is 0 Å². The Morgan fingerprint density at radius 3 is 2.86 bits per heavy atom. The quantitative estimate of drug-likeness (QED) is 0.700. The average Bonchev–Trinajstić information content (AvgIpc) is 3.37. The lowest BCUT2D eigenvalue weighted by Gasteiger charge is -2.37. The SMILES string of the molecule is O=C(c1ccc2oc(CCc3ccccc3)nc2c1)N1CCN2CCCC2C1. The lowest BCUT2D eigenvalue weighted by Crippen LogP contribution is -2.52. The third-order valence-corrected chi connectivity index (χ3v) is 6.02. The number of nitrogens with zero attached hydrogens (tertiary/aromatic N) is 3. The number of hydrogen-bond acceptors (Lipinski definition) is 4. The molecule has 5 rings (SSSR count). The van der Waals surface area contributed by atoms with Crippen LogP contribution in [0.25, 0.3) is 11.1 Å². The summed E-state index contributed by atoms with van der Waals surface area (Å²) in [5, 5.41) is 0. The van der Waals surface area contributed by atoms with Crippen molar-refractivity contribution in [3.63, 3.8) is 0 Å². The minimum atomic E-state index is 0.113. The molecule has 2 saturated heterocycles. The van der Waals surface area contributed by atoms with E-state index in [4.69, 9.17) is 4.42 Å². The van der Waals surface area contributed by atoms with Crippen molar-refractivity contribution in [1.82, 2.24) is 14.8 Å². The van der Waals surface area contributed by atoms with E-state index < -0.39 is 0 Å². The van der Waals surface area contributed by atoms with Crippen molar-refractivity contribution in [2.45, 2.75) is 31.7 Å². The van der Waals surface area contributed by atoms with Gasteiger partial charge in [-0.3, -0.25) is 9.69 Å². The van der Waals surface area contributed by atoms with Gasteiger partial charge in [-0.2, -0.15) is 0 Å². The highest BCUT2D eigenvalue weighted by Gasteiger charge is 2.32. The van der Waals surface area contributed by atoms with Crippen LogP contribution in [0.15, 0.2) is 52.9 Å². The molecule has 0 N–H and O–H groups in total. The lowest BCUT2D eigenvalue weighted by atomic mass is 10.1. The van der Waals surface area contributed by atoms with Crippen LogP contribution in [0.4, 0.5) is 0 Å². The lowest BCUT2D eigenvalue weighted by molar-refractivity contribution is 0.0571. The molecule has 2 fully saturated rings. The Balaban J connectivity index is 1.30. The first-order valence-electron chi connectivity index (χ1n) is 10.2. The molecule has 0 aliphatic carbocycles. The van der Waals surface area contributed by atoms with E-state index in [9.17, 15) is 4.79 Å². The number of carbonyl (C=O) groups is 1. The van der Waals surface area contributed by atoms with Gasteiger partial charge in [-0.25, -0.2) is 4.98 Å². The normalized spacial score (nSPS) is 19.9. The number of fused-ring (bicyclic) bond motifs is 2. The summed E-state index contributed by atoms with van der Waals surface area (Å²) in [5.74, 6) is 0.838. The van der Waals surface area contributed by atoms with Crippen molar-refractivity contribution in [3.8, 4) is 0 Å². The standard InChI is InChI=1S/C23H25N3O2/c27-23(26-14-13-25-12-4-7-19(25)16-26)18-9-10-21-20(15-18)24-22(28-21)11-8-17-5-2-1-3-6-17/h1-3,5-6,9-10,15,19H,4,7-8,11-14,16H2. The largest absolute Gasteiger partial charge is 0.441 e. The highest BCUT2D eigenvalue weighted by atomic mass is 16.3. The summed E-state index contributed by atoms with van der Waals surface area (Å²) in [6, 6.07) is 16.5. The maximum Gasteiger partial charge on any atom is 0.254 e. The van der Waals surface area contributed by atoms with Crippen LogP contribution in [-0.4, -0.2) is 52.9 Å². The van der Waals surface area contributed by atoms with Gasteiger partial charge in [-0.15, -0.1) is 0 Å². The molecule has 1 atom stereocenters. The molecule has 0 bridgehead atoms. The van der Waals surface area contributed by atoms with Crippen LogP contribution in [-0.2, 0) is 12.8 Å². The Bertz CT molecular complexity index is 982. The molecule has 2 aliphatic heterocycles. The molecule has 0 saturated carbocycles.